The SMILES string of the molecule is CCOc1cc(/C=C2/SC(=Nc3ccccc3CC)N(C3CCCCC3)C2=O)cc(Br)c1OCc1ccc(Br)cc1. The lowest BCUT2D eigenvalue weighted by Crippen LogP contribution is -2.40. The number of benzene rings is 3. The largest absolute Gasteiger partial charge is 0.490 e. The molecule has 0 atom stereocenters. The van der Waals surface area contributed by atoms with E-state index in [-0.39, 0.29) is 11.9 Å². The summed E-state index contributed by atoms with van der Waals surface area (Å²) in [5.41, 5.74) is 4.03. The van der Waals surface area contributed by atoms with Gasteiger partial charge in [0.25, 0.3) is 5.91 Å². The summed E-state index contributed by atoms with van der Waals surface area (Å²) in [6.07, 6.45) is 8.37. The van der Waals surface area contributed by atoms with Crippen LogP contribution in [0, 0.1) is 0 Å². The Hall–Kier alpha value is -2.55. The van der Waals surface area contributed by atoms with Crippen LogP contribution in [0.15, 0.2) is 79.5 Å². The first-order valence-corrected chi connectivity index (χ1v) is 16.6. The van der Waals surface area contributed by atoms with E-state index >= 15 is 0 Å². The normalized spacial score (nSPS) is 18.0. The topological polar surface area (TPSA) is 51.1 Å². The number of hydrogen-bond acceptors (Lipinski definition) is 5. The van der Waals surface area contributed by atoms with Gasteiger partial charge in [0, 0.05) is 10.5 Å². The van der Waals surface area contributed by atoms with E-state index in [9.17, 15) is 4.79 Å². The number of amides is 1. The zero-order valence-electron chi connectivity index (χ0n) is 23.4. The van der Waals surface area contributed by atoms with Crippen LogP contribution in [0.5, 0.6) is 11.5 Å². The molecule has 1 aliphatic heterocycles. The standard InChI is InChI=1S/C33H34Br2N2O3S/c1-3-24-10-8-9-13-28(24)36-33-37(26-11-6-5-7-12-26)32(38)30(41-33)20-23-18-27(35)31(29(19-23)39-4-2)40-21-22-14-16-25(34)17-15-22/h8-10,13-20,26H,3-7,11-12,21H2,1-2H3/b30-20+,36-33?. The Bertz CT molecular complexity index is 1450. The van der Waals surface area contributed by atoms with Crippen LogP contribution in [0.2, 0.25) is 0 Å². The molecule has 1 aliphatic carbocycles. The molecular formula is C33H34Br2N2O3S. The van der Waals surface area contributed by atoms with Crippen molar-refractivity contribution in [3.8, 4) is 11.5 Å². The number of aliphatic imine (C=N–C) groups is 1. The van der Waals surface area contributed by atoms with E-state index in [0.29, 0.717) is 29.6 Å². The van der Waals surface area contributed by atoms with E-state index in [4.69, 9.17) is 14.5 Å². The molecule has 5 nitrogen and oxygen atoms in total. The fourth-order valence-corrected chi connectivity index (χ4v) is 7.10. The maximum absolute atomic E-state index is 13.9. The summed E-state index contributed by atoms with van der Waals surface area (Å²) in [6.45, 7) is 5.00. The molecule has 0 unspecified atom stereocenters. The molecule has 0 N–H and O–H groups in total. The zero-order valence-corrected chi connectivity index (χ0v) is 27.4. The van der Waals surface area contributed by atoms with Crippen molar-refractivity contribution in [1.29, 1.82) is 0 Å². The summed E-state index contributed by atoms with van der Waals surface area (Å²) in [5, 5.41) is 0.771. The molecule has 0 aromatic heterocycles. The van der Waals surface area contributed by atoms with Crippen LogP contribution in [-0.2, 0) is 17.8 Å². The molecule has 1 heterocycles. The van der Waals surface area contributed by atoms with Gasteiger partial charge in [0.2, 0.25) is 0 Å². The van der Waals surface area contributed by atoms with E-state index in [2.05, 4.69) is 44.8 Å². The number of carbonyl (C=O) groups excluding carboxylic acids is 1. The molecule has 3 aromatic carbocycles. The molecule has 0 bridgehead atoms. The minimum Gasteiger partial charge on any atom is -0.490 e. The Morgan fingerprint density at radius 2 is 1.76 bits per heavy atom. The molecule has 214 valence electrons. The van der Waals surface area contributed by atoms with Gasteiger partial charge in [-0.15, -0.1) is 0 Å². The molecule has 1 saturated heterocycles. The number of nitrogens with zero attached hydrogens (tertiary/aromatic N) is 2. The fraction of sp³-hybridized carbons (Fsp3) is 0.333. The van der Waals surface area contributed by atoms with Gasteiger partial charge in [-0.25, -0.2) is 4.99 Å². The highest BCUT2D eigenvalue weighted by Gasteiger charge is 2.38. The van der Waals surface area contributed by atoms with Crippen molar-refractivity contribution in [2.75, 3.05) is 6.61 Å². The zero-order chi connectivity index (χ0) is 28.8. The van der Waals surface area contributed by atoms with Crippen molar-refractivity contribution >= 4 is 66.5 Å². The minimum atomic E-state index is 0.0271. The monoisotopic (exact) mass is 696 g/mol. The Labute approximate surface area is 263 Å². The van der Waals surface area contributed by atoms with Crippen LogP contribution < -0.4 is 9.47 Å². The average Bonchev–Trinajstić information content (AvgIpc) is 3.28. The van der Waals surface area contributed by atoms with E-state index in [1.807, 2.05) is 72.5 Å². The fourth-order valence-electron chi connectivity index (χ4n) is 5.21. The van der Waals surface area contributed by atoms with Crippen LogP contribution >= 0.6 is 43.6 Å². The molecule has 41 heavy (non-hydrogen) atoms. The molecule has 0 spiro atoms. The molecule has 5 rings (SSSR count). The van der Waals surface area contributed by atoms with E-state index in [0.717, 1.165) is 63.0 Å². The third-order valence-corrected chi connectivity index (χ3v) is 9.39. The van der Waals surface area contributed by atoms with E-state index in [1.54, 1.807) is 0 Å². The van der Waals surface area contributed by atoms with Crippen LogP contribution in [0.3, 0.4) is 0 Å². The van der Waals surface area contributed by atoms with Crippen LogP contribution in [0.4, 0.5) is 5.69 Å². The second kappa shape index (κ2) is 14.1. The van der Waals surface area contributed by atoms with Crippen LogP contribution in [0.25, 0.3) is 6.08 Å². The third-order valence-electron chi connectivity index (χ3n) is 7.29. The van der Waals surface area contributed by atoms with Gasteiger partial charge in [0.15, 0.2) is 16.7 Å². The number of aryl methyl sites for hydroxylation is 1. The number of rotatable bonds is 9. The summed E-state index contributed by atoms with van der Waals surface area (Å²) >= 11 is 8.64. The smallest absolute Gasteiger partial charge is 0.267 e. The quantitative estimate of drug-likeness (QED) is 0.209. The minimum absolute atomic E-state index is 0.0271. The van der Waals surface area contributed by atoms with Crippen LogP contribution in [-0.4, -0.2) is 28.6 Å². The first-order chi connectivity index (χ1) is 20.0. The summed E-state index contributed by atoms with van der Waals surface area (Å²) in [6, 6.07) is 20.3. The van der Waals surface area contributed by atoms with Crippen molar-refractivity contribution < 1.29 is 14.3 Å². The Kier molecular flexibility index (Phi) is 10.3. The molecule has 3 aromatic rings. The predicted octanol–water partition coefficient (Wildman–Crippen LogP) is 9.69. The predicted molar refractivity (Wildman–Crippen MR) is 176 cm³/mol. The number of amidine groups is 1. The van der Waals surface area contributed by atoms with Gasteiger partial charge in [-0.1, -0.05) is 72.4 Å². The molecule has 1 saturated carbocycles. The van der Waals surface area contributed by atoms with Crippen LogP contribution in [0.1, 0.15) is 62.6 Å². The Morgan fingerprint density at radius 3 is 2.49 bits per heavy atom. The lowest BCUT2D eigenvalue weighted by atomic mass is 9.94. The lowest BCUT2D eigenvalue weighted by molar-refractivity contribution is -0.124. The highest BCUT2D eigenvalue weighted by Crippen LogP contribution is 2.42. The molecule has 2 aliphatic rings. The summed E-state index contributed by atoms with van der Waals surface area (Å²) in [7, 11) is 0. The molecular weight excluding hydrogens is 664 g/mol. The van der Waals surface area contributed by atoms with Gasteiger partial charge < -0.3 is 9.47 Å². The van der Waals surface area contributed by atoms with Crippen molar-refractivity contribution in [1.82, 2.24) is 4.90 Å². The van der Waals surface area contributed by atoms with Gasteiger partial charge in [0.1, 0.15) is 6.61 Å². The van der Waals surface area contributed by atoms with Gasteiger partial charge in [-0.05, 0) is 107 Å². The van der Waals surface area contributed by atoms with Gasteiger partial charge in [-0.2, -0.15) is 0 Å². The van der Waals surface area contributed by atoms with Crippen molar-refractivity contribution in [3.63, 3.8) is 0 Å². The maximum Gasteiger partial charge on any atom is 0.267 e. The molecule has 8 heteroatoms. The lowest BCUT2D eigenvalue weighted by Gasteiger charge is -2.30. The highest BCUT2D eigenvalue weighted by atomic mass is 79.9. The highest BCUT2D eigenvalue weighted by molar-refractivity contribution is 9.10. The van der Waals surface area contributed by atoms with E-state index in [1.165, 1.54) is 23.7 Å². The number of ether oxygens (including phenoxy) is 2. The van der Waals surface area contributed by atoms with Crippen molar-refractivity contribution in [2.24, 2.45) is 4.99 Å². The number of para-hydroxylation sites is 1. The second-order valence-corrected chi connectivity index (χ2v) is 12.9. The van der Waals surface area contributed by atoms with Gasteiger partial charge in [0.05, 0.1) is 21.7 Å². The second-order valence-electron chi connectivity index (χ2n) is 10.1. The number of thioether (sulfide) groups is 1. The summed E-state index contributed by atoms with van der Waals surface area (Å²) in [5.74, 6) is 1.31. The molecule has 2 fully saturated rings. The Morgan fingerprint density at radius 1 is 1.00 bits per heavy atom. The molecule has 0 radical (unpaired) electrons. The number of carbonyl (C=O) groups is 1. The average molecular weight is 699 g/mol. The maximum atomic E-state index is 13.9. The van der Waals surface area contributed by atoms with E-state index < -0.39 is 0 Å². The summed E-state index contributed by atoms with van der Waals surface area (Å²) in [4.78, 5) is 21.6. The van der Waals surface area contributed by atoms with Crippen molar-refractivity contribution in [2.45, 2.75) is 65.0 Å². The van der Waals surface area contributed by atoms with Crippen molar-refractivity contribution in [3.05, 3.63) is 91.2 Å². The summed E-state index contributed by atoms with van der Waals surface area (Å²) < 4.78 is 14.0. The number of hydrogen-bond donors (Lipinski definition) is 0. The molecule has 1 amide bonds. The first-order valence-electron chi connectivity index (χ1n) is 14.2. The third kappa shape index (κ3) is 7.27. The van der Waals surface area contributed by atoms with Gasteiger partial charge in [-0.3, -0.25) is 9.69 Å². The number of halogens is 2. The Balaban J connectivity index is 1.46. The first kappa shape index (κ1) is 29.9. The van der Waals surface area contributed by atoms with Gasteiger partial charge >= 0.3 is 0 Å².